The van der Waals surface area contributed by atoms with E-state index in [0.29, 0.717) is 6.54 Å². The lowest BCUT2D eigenvalue weighted by atomic mass is 10.2. The van der Waals surface area contributed by atoms with Gasteiger partial charge in [-0.3, -0.25) is 4.98 Å². The van der Waals surface area contributed by atoms with Gasteiger partial charge in [0.05, 0.1) is 11.5 Å². The number of hydrogen-bond acceptors (Lipinski definition) is 4. The van der Waals surface area contributed by atoms with Crippen LogP contribution in [0.15, 0.2) is 54.9 Å². The number of benzene rings is 1. The van der Waals surface area contributed by atoms with E-state index in [9.17, 15) is 13.2 Å². The molecule has 0 saturated carbocycles. The van der Waals surface area contributed by atoms with E-state index in [2.05, 4.69) is 15.6 Å². The number of carbonyl (C=O) groups is 1. The number of hydrogen-bond donors (Lipinski definition) is 2. The number of nitrogens with zero attached hydrogens (tertiary/aromatic N) is 1. The Morgan fingerprint density at radius 2 is 1.74 bits per heavy atom. The molecule has 122 valence electrons. The predicted octanol–water partition coefficient (Wildman–Crippen LogP) is 1.50. The number of nitrogens with one attached hydrogen (secondary N) is 2. The molecule has 0 saturated heterocycles. The molecule has 1 heterocycles. The summed E-state index contributed by atoms with van der Waals surface area (Å²) in [5.41, 5.74) is 1.62. The summed E-state index contributed by atoms with van der Waals surface area (Å²) in [6.45, 7) is 0.421. The van der Waals surface area contributed by atoms with Gasteiger partial charge in [0.25, 0.3) is 0 Å². The standard InChI is InChI=1S/C16H19N3O3S/c20-16(19-12-15-7-4-8-17-11-15)18-9-10-23(21,22)13-14-5-2-1-3-6-14/h1-8,11H,9-10,12-13H2,(H2,18,19,20). The maximum absolute atomic E-state index is 12.0. The molecule has 7 heteroatoms. The zero-order valence-electron chi connectivity index (χ0n) is 12.6. The predicted molar refractivity (Wildman–Crippen MR) is 88.4 cm³/mol. The van der Waals surface area contributed by atoms with Gasteiger partial charge in [-0.15, -0.1) is 0 Å². The smallest absolute Gasteiger partial charge is 0.315 e. The van der Waals surface area contributed by atoms with Crippen LogP contribution in [-0.4, -0.2) is 31.7 Å². The minimum Gasteiger partial charge on any atom is -0.337 e. The summed E-state index contributed by atoms with van der Waals surface area (Å²) in [5.74, 6) is -0.116. The van der Waals surface area contributed by atoms with Gasteiger partial charge in [0.15, 0.2) is 9.84 Å². The minimum atomic E-state index is -3.25. The average Bonchev–Trinajstić information content (AvgIpc) is 2.54. The van der Waals surface area contributed by atoms with Crippen molar-refractivity contribution >= 4 is 15.9 Å². The number of sulfone groups is 1. The van der Waals surface area contributed by atoms with Gasteiger partial charge in [-0.1, -0.05) is 36.4 Å². The lowest BCUT2D eigenvalue weighted by Crippen LogP contribution is -2.37. The molecule has 0 aliphatic rings. The molecule has 0 unspecified atom stereocenters. The van der Waals surface area contributed by atoms with Crippen LogP contribution in [0.2, 0.25) is 0 Å². The summed E-state index contributed by atoms with van der Waals surface area (Å²) < 4.78 is 24.0. The molecule has 0 aliphatic heterocycles. The first-order valence-electron chi connectivity index (χ1n) is 7.20. The fourth-order valence-corrected chi connectivity index (χ4v) is 3.23. The monoisotopic (exact) mass is 333 g/mol. The Bertz CT molecular complexity index is 719. The third-order valence-electron chi connectivity index (χ3n) is 3.10. The van der Waals surface area contributed by atoms with Gasteiger partial charge in [0.1, 0.15) is 0 Å². The van der Waals surface area contributed by atoms with Crippen LogP contribution in [0.4, 0.5) is 4.79 Å². The van der Waals surface area contributed by atoms with Gasteiger partial charge in [-0.25, -0.2) is 13.2 Å². The highest BCUT2D eigenvalue weighted by molar-refractivity contribution is 7.90. The topological polar surface area (TPSA) is 88.2 Å². The maximum Gasteiger partial charge on any atom is 0.315 e. The lowest BCUT2D eigenvalue weighted by Gasteiger charge is -2.08. The first-order valence-corrected chi connectivity index (χ1v) is 9.02. The zero-order valence-corrected chi connectivity index (χ0v) is 13.4. The van der Waals surface area contributed by atoms with Gasteiger partial charge in [-0.05, 0) is 17.2 Å². The number of pyridine rings is 1. The van der Waals surface area contributed by atoms with Crippen LogP contribution in [0.3, 0.4) is 0 Å². The second kappa shape index (κ2) is 8.28. The first kappa shape index (κ1) is 17.0. The zero-order chi connectivity index (χ0) is 16.5. The summed E-state index contributed by atoms with van der Waals surface area (Å²) >= 11 is 0. The van der Waals surface area contributed by atoms with E-state index < -0.39 is 15.9 Å². The molecule has 23 heavy (non-hydrogen) atoms. The molecule has 0 spiro atoms. The van der Waals surface area contributed by atoms with E-state index in [1.54, 1.807) is 42.7 Å². The average molecular weight is 333 g/mol. The number of aromatic nitrogens is 1. The molecule has 1 aromatic heterocycles. The molecule has 0 bridgehead atoms. The molecular weight excluding hydrogens is 314 g/mol. The summed E-state index contributed by atoms with van der Waals surface area (Å²) in [4.78, 5) is 15.6. The molecule has 2 N–H and O–H groups in total. The number of urea groups is 1. The highest BCUT2D eigenvalue weighted by Crippen LogP contribution is 2.05. The van der Waals surface area contributed by atoms with Crippen LogP contribution in [0, 0.1) is 0 Å². The molecule has 2 rings (SSSR count). The normalized spacial score (nSPS) is 11.0. The first-order chi connectivity index (χ1) is 11.1. The van der Waals surface area contributed by atoms with Crippen molar-refractivity contribution in [3.05, 3.63) is 66.0 Å². The third-order valence-corrected chi connectivity index (χ3v) is 4.70. The second-order valence-corrected chi connectivity index (χ2v) is 7.23. The van der Waals surface area contributed by atoms with Crippen LogP contribution in [0.1, 0.15) is 11.1 Å². The Morgan fingerprint density at radius 3 is 2.43 bits per heavy atom. The Hall–Kier alpha value is -2.41. The molecule has 0 atom stereocenters. The van der Waals surface area contributed by atoms with Crippen molar-refractivity contribution in [3.8, 4) is 0 Å². The summed E-state index contributed by atoms with van der Waals surface area (Å²) in [6, 6.07) is 12.2. The Kier molecular flexibility index (Phi) is 6.10. The molecule has 1 aromatic carbocycles. The SMILES string of the molecule is O=C(NCCS(=O)(=O)Cc1ccccc1)NCc1cccnc1. The van der Waals surface area contributed by atoms with E-state index >= 15 is 0 Å². The summed E-state index contributed by atoms with van der Waals surface area (Å²) in [6.07, 6.45) is 3.31. The number of amides is 2. The molecular formula is C16H19N3O3S. The highest BCUT2D eigenvalue weighted by atomic mass is 32.2. The van der Waals surface area contributed by atoms with E-state index in [1.165, 1.54) is 0 Å². The minimum absolute atomic E-state index is 0.0210. The van der Waals surface area contributed by atoms with Gasteiger partial charge in [0.2, 0.25) is 0 Å². The van der Waals surface area contributed by atoms with Crippen LogP contribution < -0.4 is 10.6 Å². The van der Waals surface area contributed by atoms with Crippen molar-refractivity contribution in [3.63, 3.8) is 0 Å². The van der Waals surface area contributed by atoms with Gasteiger partial charge in [0, 0.05) is 25.5 Å². The van der Waals surface area contributed by atoms with Crippen LogP contribution in [0.25, 0.3) is 0 Å². The van der Waals surface area contributed by atoms with Crippen molar-refractivity contribution < 1.29 is 13.2 Å². The molecule has 0 fully saturated rings. The number of rotatable bonds is 7. The fraction of sp³-hybridized carbons (Fsp3) is 0.250. The number of carbonyl (C=O) groups excluding carboxylic acids is 1. The fourth-order valence-electron chi connectivity index (χ4n) is 1.97. The van der Waals surface area contributed by atoms with E-state index in [0.717, 1.165) is 11.1 Å². The molecule has 2 aromatic rings. The van der Waals surface area contributed by atoms with Crippen molar-refractivity contribution in [1.29, 1.82) is 0 Å². The van der Waals surface area contributed by atoms with Gasteiger partial charge < -0.3 is 10.6 Å². The van der Waals surface area contributed by atoms with E-state index in [4.69, 9.17) is 0 Å². The van der Waals surface area contributed by atoms with Crippen molar-refractivity contribution in [1.82, 2.24) is 15.6 Å². The van der Waals surface area contributed by atoms with Crippen LogP contribution in [-0.2, 0) is 22.1 Å². The van der Waals surface area contributed by atoms with Crippen molar-refractivity contribution in [2.45, 2.75) is 12.3 Å². The molecule has 0 radical (unpaired) electrons. The summed E-state index contributed by atoms with van der Waals surface area (Å²) in [5, 5.41) is 5.20. The lowest BCUT2D eigenvalue weighted by molar-refractivity contribution is 0.241. The molecule has 6 nitrogen and oxygen atoms in total. The molecule has 2 amide bonds. The Balaban J connectivity index is 1.70. The van der Waals surface area contributed by atoms with E-state index in [1.807, 2.05) is 12.1 Å². The van der Waals surface area contributed by atoms with Crippen molar-refractivity contribution in [2.75, 3.05) is 12.3 Å². The van der Waals surface area contributed by atoms with Gasteiger partial charge in [-0.2, -0.15) is 0 Å². The maximum atomic E-state index is 12.0. The highest BCUT2D eigenvalue weighted by Gasteiger charge is 2.12. The van der Waals surface area contributed by atoms with Crippen LogP contribution in [0.5, 0.6) is 0 Å². The Morgan fingerprint density at radius 1 is 1.00 bits per heavy atom. The summed E-state index contributed by atoms with van der Waals surface area (Å²) in [7, 11) is -3.25. The van der Waals surface area contributed by atoms with Crippen molar-refractivity contribution in [2.24, 2.45) is 0 Å². The van der Waals surface area contributed by atoms with Crippen LogP contribution >= 0.6 is 0 Å². The van der Waals surface area contributed by atoms with Gasteiger partial charge >= 0.3 is 6.03 Å². The largest absolute Gasteiger partial charge is 0.337 e. The molecule has 0 aliphatic carbocycles. The van der Waals surface area contributed by atoms with E-state index in [-0.39, 0.29) is 18.1 Å². The second-order valence-electron chi connectivity index (χ2n) is 5.05. The Labute approximate surface area is 135 Å². The quantitative estimate of drug-likeness (QED) is 0.803. The third kappa shape index (κ3) is 6.48.